The first-order valence-corrected chi connectivity index (χ1v) is 9.03. The summed E-state index contributed by atoms with van der Waals surface area (Å²) in [5.41, 5.74) is 1.67. The van der Waals surface area contributed by atoms with E-state index in [0.717, 1.165) is 19.4 Å². The molecule has 7 nitrogen and oxygen atoms in total. The molecule has 1 amide bonds. The summed E-state index contributed by atoms with van der Waals surface area (Å²) < 4.78 is 0. The smallest absolute Gasteiger partial charge is 0.242 e. The van der Waals surface area contributed by atoms with Gasteiger partial charge >= 0.3 is 0 Å². The van der Waals surface area contributed by atoms with Crippen molar-refractivity contribution in [3.05, 3.63) is 11.6 Å². The Labute approximate surface area is 151 Å². The largest absolute Gasteiger partial charge is 0.359 e. The predicted molar refractivity (Wildman–Crippen MR) is 96.4 cm³/mol. The van der Waals surface area contributed by atoms with Crippen LogP contribution < -0.4 is 5.32 Å². The number of aromatic amines is 1. The first-order valence-electron chi connectivity index (χ1n) is 8.65. The summed E-state index contributed by atoms with van der Waals surface area (Å²) in [7, 11) is 0. The lowest BCUT2D eigenvalue weighted by molar-refractivity contribution is -0.130. The second-order valence-electron chi connectivity index (χ2n) is 8.53. The van der Waals surface area contributed by atoms with Crippen molar-refractivity contribution in [3.8, 4) is 0 Å². The van der Waals surface area contributed by atoms with E-state index < -0.39 is 0 Å². The number of hydrogen-bond acceptors (Lipinski definition) is 5. The molecule has 2 fully saturated rings. The van der Waals surface area contributed by atoms with Gasteiger partial charge in [-0.25, -0.2) is 4.98 Å². The van der Waals surface area contributed by atoms with E-state index in [4.69, 9.17) is 11.6 Å². The SMILES string of the molecule is CC1(C)C[C@H]2C[C@](C)(CN2C(=O)CNc2nc(Cl)nc3nc[nH]c23)C1. The molecule has 2 N–H and O–H groups in total. The second kappa shape index (κ2) is 5.56. The molecule has 2 aliphatic rings. The number of fused-ring (bicyclic) bond motifs is 3. The van der Waals surface area contributed by atoms with Gasteiger partial charge in [0.15, 0.2) is 11.5 Å². The Hall–Kier alpha value is -1.89. The van der Waals surface area contributed by atoms with Crippen LogP contribution >= 0.6 is 11.6 Å². The van der Waals surface area contributed by atoms with Crippen molar-refractivity contribution in [3.63, 3.8) is 0 Å². The molecule has 3 heterocycles. The molecule has 0 unspecified atom stereocenters. The highest BCUT2D eigenvalue weighted by Gasteiger charge is 2.50. The molecule has 2 aromatic heterocycles. The zero-order chi connectivity index (χ0) is 17.8. The molecular formula is C17H23ClN6O. The average molecular weight is 363 g/mol. The molecule has 0 spiro atoms. The van der Waals surface area contributed by atoms with Crippen molar-refractivity contribution >= 4 is 34.5 Å². The molecular weight excluding hydrogens is 340 g/mol. The minimum absolute atomic E-state index is 0.105. The fraction of sp³-hybridized carbons (Fsp3) is 0.647. The third-order valence-corrected chi connectivity index (χ3v) is 5.57. The molecule has 1 aliphatic heterocycles. The number of amides is 1. The highest BCUT2D eigenvalue weighted by atomic mass is 35.5. The van der Waals surface area contributed by atoms with E-state index in [1.165, 1.54) is 12.7 Å². The van der Waals surface area contributed by atoms with Gasteiger partial charge in [-0.1, -0.05) is 20.8 Å². The summed E-state index contributed by atoms with van der Waals surface area (Å²) in [5.74, 6) is 0.614. The van der Waals surface area contributed by atoms with Crippen LogP contribution in [-0.4, -0.2) is 49.9 Å². The number of carbonyl (C=O) groups is 1. The van der Waals surface area contributed by atoms with Crippen molar-refractivity contribution in [2.24, 2.45) is 10.8 Å². The van der Waals surface area contributed by atoms with Crippen LogP contribution in [0.2, 0.25) is 5.28 Å². The maximum Gasteiger partial charge on any atom is 0.242 e. The lowest BCUT2D eigenvalue weighted by Crippen LogP contribution is -2.40. The topological polar surface area (TPSA) is 86.8 Å². The van der Waals surface area contributed by atoms with Crippen molar-refractivity contribution in [1.29, 1.82) is 0 Å². The summed E-state index contributed by atoms with van der Waals surface area (Å²) in [5, 5.41) is 3.22. The standard InChI is InChI=1S/C17H23ClN6O/c1-16(2)4-10-5-17(3,7-16)8-24(10)11(25)6-19-13-12-14(21-9-20-12)23-15(18)22-13/h9-10H,4-8H2,1-3H3,(H2,19,20,21,22,23)/t10-,17-/m0/s1. The third kappa shape index (κ3) is 3.05. The molecule has 2 atom stereocenters. The van der Waals surface area contributed by atoms with Crippen LogP contribution in [0.3, 0.4) is 0 Å². The highest BCUT2D eigenvalue weighted by Crippen LogP contribution is 2.52. The van der Waals surface area contributed by atoms with Gasteiger partial charge in [-0.3, -0.25) is 4.79 Å². The van der Waals surface area contributed by atoms with Gasteiger partial charge in [0, 0.05) is 12.6 Å². The number of hydrogen-bond donors (Lipinski definition) is 2. The number of aromatic nitrogens is 4. The predicted octanol–water partition coefficient (Wildman–Crippen LogP) is 2.85. The van der Waals surface area contributed by atoms with Crippen molar-refractivity contribution in [2.75, 3.05) is 18.4 Å². The number of imidazole rings is 1. The maximum atomic E-state index is 12.8. The summed E-state index contributed by atoms with van der Waals surface area (Å²) in [6.45, 7) is 7.95. The van der Waals surface area contributed by atoms with E-state index >= 15 is 0 Å². The van der Waals surface area contributed by atoms with Gasteiger partial charge in [0.05, 0.1) is 12.9 Å². The number of halogens is 1. The first-order chi connectivity index (χ1) is 11.7. The molecule has 134 valence electrons. The number of H-pyrrole nitrogens is 1. The Morgan fingerprint density at radius 3 is 3.00 bits per heavy atom. The van der Waals surface area contributed by atoms with E-state index in [-0.39, 0.29) is 23.2 Å². The number of nitrogens with one attached hydrogen (secondary N) is 2. The lowest BCUT2D eigenvalue weighted by atomic mass is 9.65. The quantitative estimate of drug-likeness (QED) is 0.820. The zero-order valence-corrected chi connectivity index (χ0v) is 15.5. The molecule has 25 heavy (non-hydrogen) atoms. The zero-order valence-electron chi connectivity index (χ0n) is 14.8. The van der Waals surface area contributed by atoms with Gasteiger partial charge in [-0.2, -0.15) is 9.97 Å². The van der Waals surface area contributed by atoms with Gasteiger partial charge in [-0.15, -0.1) is 0 Å². The van der Waals surface area contributed by atoms with Crippen LogP contribution in [0.25, 0.3) is 11.2 Å². The Balaban J connectivity index is 1.49. The van der Waals surface area contributed by atoms with Gasteiger partial charge in [0.2, 0.25) is 11.2 Å². The summed E-state index contributed by atoms with van der Waals surface area (Å²) in [4.78, 5) is 30.2. The van der Waals surface area contributed by atoms with E-state index in [9.17, 15) is 4.79 Å². The molecule has 8 heteroatoms. The van der Waals surface area contributed by atoms with Crippen LogP contribution in [0.4, 0.5) is 5.82 Å². The van der Waals surface area contributed by atoms with Crippen LogP contribution in [0.15, 0.2) is 6.33 Å². The average Bonchev–Trinajstić information content (AvgIpc) is 3.05. The number of carbonyl (C=O) groups excluding carboxylic acids is 1. The summed E-state index contributed by atoms with van der Waals surface area (Å²) in [6.07, 6.45) is 4.88. The fourth-order valence-corrected chi connectivity index (χ4v) is 5.11. The van der Waals surface area contributed by atoms with Crippen LogP contribution in [0, 0.1) is 10.8 Å². The molecule has 1 saturated heterocycles. The fourth-order valence-electron chi connectivity index (χ4n) is 4.95. The Morgan fingerprint density at radius 2 is 2.20 bits per heavy atom. The molecule has 1 aliphatic carbocycles. The van der Waals surface area contributed by atoms with Crippen LogP contribution in [0.1, 0.15) is 40.0 Å². The van der Waals surface area contributed by atoms with Gasteiger partial charge in [0.25, 0.3) is 0 Å². The number of likely N-dealkylation sites (tertiary alicyclic amines) is 1. The third-order valence-electron chi connectivity index (χ3n) is 5.40. The Kier molecular flexibility index (Phi) is 3.68. The van der Waals surface area contributed by atoms with Gasteiger partial charge < -0.3 is 15.2 Å². The van der Waals surface area contributed by atoms with Gasteiger partial charge in [-0.05, 0) is 41.7 Å². The number of rotatable bonds is 3. The van der Waals surface area contributed by atoms with E-state index in [1.54, 1.807) is 0 Å². The highest BCUT2D eigenvalue weighted by molar-refractivity contribution is 6.28. The maximum absolute atomic E-state index is 12.8. The van der Waals surface area contributed by atoms with Crippen molar-refractivity contribution in [2.45, 2.75) is 46.1 Å². The molecule has 1 saturated carbocycles. The number of nitrogens with zero attached hydrogens (tertiary/aromatic N) is 4. The Bertz CT molecular complexity index is 834. The lowest BCUT2D eigenvalue weighted by Gasteiger charge is -2.39. The molecule has 4 rings (SSSR count). The second-order valence-corrected chi connectivity index (χ2v) is 8.87. The van der Waals surface area contributed by atoms with E-state index in [2.05, 4.69) is 50.9 Å². The Morgan fingerprint density at radius 1 is 1.40 bits per heavy atom. The monoisotopic (exact) mass is 362 g/mol. The molecule has 2 aromatic rings. The van der Waals surface area contributed by atoms with E-state index in [0.29, 0.717) is 28.4 Å². The summed E-state index contributed by atoms with van der Waals surface area (Å²) >= 11 is 5.93. The molecule has 0 radical (unpaired) electrons. The minimum Gasteiger partial charge on any atom is -0.359 e. The molecule has 0 aromatic carbocycles. The molecule has 2 bridgehead atoms. The van der Waals surface area contributed by atoms with Crippen molar-refractivity contribution in [1.82, 2.24) is 24.8 Å². The normalized spacial score (nSPS) is 27.7. The minimum atomic E-state index is 0.105. The van der Waals surface area contributed by atoms with Crippen molar-refractivity contribution < 1.29 is 4.79 Å². The summed E-state index contributed by atoms with van der Waals surface area (Å²) in [6, 6.07) is 0.337. The van der Waals surface area contributed by atoms with Crippen LogP contribution in [0.5, 0.6) is 0 Å². The van der Waals surface area contributed by atoms with Gasteiger partial charge in [0.1, 0.15) is 5.52 Å². The first kappa shape index (κ1) is 16.6. The van der Waals surface area contributed by atoms with Crippen LogP contribution in [-0.2, 0) is 4.79 Å². The van der Waals surface area contributed by atoms with E-state index in [1.807, 2.05) is 0 Å². The number of anilines is 1.